The van der Waals surface area contributed by atoms with Gasteiger partial charge >= 0.3 is 0 Å². The van der Waals surface area contributed by atoms with Crippen molar-refractivity contribution in [2.24, 2.45) is 0 Å². The summed E-state index contributed by atoms with van der Waals surface area (Å²) in [6.45, 7) is 6.36. The predicted molar refractivity (Wildman–Crippen MR) is 111 cm³/mol. The molecule has 0 fully saturated rings. The smallest absolute Gasteiger partial charge is 0.157 e. The zero-order chi connectivity index (χ0) is 19.0. The Labute approximate surface area is 159 Å². The molecule has 4 nitrogen and oxygen atoms in total. The van der Waals surface area contributed by atoms with Crippen LogP contribution >= 0.6 is 0 Å². The van der Waals surface area contributed by atoms with Gasteiger partial charge in [-0.25, -0.2) is 4.98 Å². The number of fused-ring (bicyclic) bond motifs is 3. The lowest BCUT2D eigenvalue weighted by atomic mass is 10.1. The van der Waals surface area contributed by atoms with E-state index in [4.69, 9.17) is 4.98 Å². The number of anilines is 2. The topological polar surface area (TPSA) is 53.1 Å². The maximum atomic E-state index is 9.79. The van der Waals surface area contributed by atoms with Crippen molar-refractivity contribution in [3.63, 3.8) is 0 Å². The van der Waals surface area contributed by atoms with Crippen molar-refractivity contribution in [3.8, 4) is 6.07 Å². The number of imidazole rings is 1. The standard InChI is InChI=1S/C23H22N4/c1-4-7-17-13-22(25-18-11-10-15(2)16(3)12-18)27-21-9-6-5-8-20(21)26-23(27)19(17)14-24/h5-6,8-13,25H,4,7H2,1-3H3. The van der Waals surface area contributed by atoms with Crippen molar-refractivity contribution in [2.75, 3.05) is 5.32 Å². The maximum Gasteiger partial charge on any atom is 0.157 e. The van der Waals surface area contributed by atoms with Gasteiger partial charge in [-0.05, 0) is 67.3 Å². The summed E-state index contributed by atoms with van der Waals surface area (Å²) >= 11 is 0. The first-order valence-corrected chi connectivity index (χ1v) is 9.30. The van der Waals surface area contributed by atoms with Gasteiger partial charge in [-0.1, -0.05) is 31.5 Å². The largest absolute Gasteiger partial charge is 0.341 e. The Balaban J connectivity index is 2.00. The van der Waals surface area contributed by atoms with E-state index < -0.39 is 0 Å². The van der Waals surface area contributed by atoms with Crippen LogP contribution in [0.15, 0.2) is 48.5 Å². The highest BCUT2D eigenvalue weighted by molar-refractivity contribution is 5.86. The molecule has 0 unspecified atom stereocenters. The molecule has 0 bridgehead atoms. The Morgan fingerprint density at radius 3 is 2.63 bits per heavy atom. The number of nitrogens with one attached hydrogen (secondary N) is 1. The first-order chi connectivity index (χ1) is 13.1. The molecular formula is C23H22N4. The third kappa shape index (κ3) is 2.92. The van der Waals surface area contributed by atoms with Crippen LogP contribution in [-0.4, -0.2) is 9.38 Å². The summed E-state index contributed by atoms with van der Waals surface area (Å²) in [6, 6.07) is 18.8. The van der Waals surface area contributed by atoms with Crippen molar-refractivity contribution >= 4 is 28.2 Å². The fraction of sp³-hybridized carbons (Fsp3) is 0.217. The van der Waals surface area contributed by atoms with E-state index in [-0.39, 0.29) is 0 Å². The summed E-state index contributed by atoms with van der Waals surface area (Å²) in [7, 11) is 0. The number of hydrogen-bond donors (Lipinski definition) is 1. The molecule has 0 atom stereocenters. The van der Waals surface area contributed by atoms with Crippen LogP contribution in [0.25, 0.3) is 16.7 Å². The van der Waals surface area contributed by atoms with Crippen molar-refractivity contribution < 1.29 is 0 Å². The Morgan fingerprint density at radius 1 is 1.07 bits per heavy atom. The van der Waals surface area contributed by atoms with Gasteiger partial charge in [-0.3, -0.25) is 4.40 Å². The van der Waals surface area contributed by atoms with E-state index in [0.29, 0.717) is 5.56 Å². The van der Waals surface area contributed by atoms with Gasteiger partial charge < -0.3 is 5.32 Å². The first-order valence-electron chi connectivity index (χ1n) is 9.30. The Kier molecular flexibility index (Phi) is 4.29. The van der Waals surface area contributed by atoms with Crippen LogP contribution in [0.5, 0.6) is 0 Å². The molecule has 0 spiro atoms. The van der Waals surface area contributed by atoms with E-state index in [0.717, 1.165) is 46.6 Å². The van der Waals surface area contributed by atoms with Gasteiger partial charge in [0.25, 0.3) is 0 Å². The molecule has 1 N–H and O–H groups in total. The van der Waals surface area contributed by atoms with Crippen LogP contribution in [0.2, 0.25) is 0 Å². The molecule has 4 aromatic rings. The lowest BCUT2D eigenvalue weighted by molar-refractivity contribution is 0.915. The van der Waals surface area contributed by atoms with Crippen molar-refractivity contribution in [1.29, 1.82) is 5.26 Å². The second-order valence-electron chi connectivity index (χ2n) is 6.98. The fourth-order valence-corrected chi connectivity index (χ4v) is 3.53. The molecule has 0 saturated heterocycles. The average Bonchev–Trinajstić information content (AvgIpc) is 3.05. The Morgan fingerprint density at radius 2 is 1.89 bits per heavy atom. The summed E-state index contributed by atoms with van der Waals surface area (Å²) in [5.74, 6) is 0.935. The SMILES string of the molecule is CCCc1cc(Nc2ccc(C)c(C)c2)n2c(nc3ccccc32)c1C#N. The summed E-state index contributed by atoms with van der Waals surface area (Å²) in [5, 5.41) is 13.3. The number of pyridine rings is 1. The molecular weight excluding hydrogens is 332 g/mol. The zero-order valence-electron chi connectivity index (χ0n) is 15.9. The molecule has 0 saturated carbocycles. The summed E-state index contributed by atoms with van der Waals surface area (Å²) in [4.78, 5) is 4.76. The average molecular weight is 354 g/mol. The summed E-state index contributed by atoms with van der Waals surface area (Å²) < 4.78 is 2.06. The molecule has 0 aliphatic heterocycles. The molecule has 4 heteroatoms. The van der Waals surface area contributed by atoms with Crippen molar-refractivity contribution in [2.45, 2.75) is 33.6 Å². The minimum Gasteiger partial charge on any atom is -0.341 e. The maximum absolute atomic E-state index is 9.79. The van der Waals surface area contributed by atoms with E-state index in [9.17, 15) is 5.26 Å². The third-order valence-electron chi connectivity index (χ3n) is 5.07. The molecule has 2 aromatic carbocycles. The molecule has 0 amide bonds. The van der Waals surface area contributed by atoms with Crippen LogP contribution < -0.4 is 5.32 Å². The van der Waals surface area contributed by atoms with Crippen LogP contribution in [0, 0.1) is 25.2 Å². The van der Waals surface area contributed by atoms with E-state index in [1.807, 2.05) is 24.3 Å². The number of nitrogens with zero attached hydrogens (tertiary/aromatic N) is 3. The van der Waals surface area contributed by atoms with Crippen LogP contribution in [-0.2, 0) is 6.42 Å². The van der Waals surface area contributed by atoms with Gasteiger partial charge in [-0.2, -0.15) is 5.26 Å². The number of rotatable bonds is 4. The number of aryl methyl sites for hydroxylation is 3. The molecule has 4 rings (SSSR count). The van der Waals surface area contributed by atoms with Gasteiger partial charge in [0, 0.05) is 5.69 Å². The molecule has 2 heterocycles. The Bertz CT molecular complexity index is 1190. The molecule has 134 valence electrons. The molecule has 0 radical (unpaired) electrons. The number of hydrogen-bond acceptors (Lipinski definition) is 3. The summed E-state index contributed by atoms with van der Waals surface area (Å²) in [6.07, 6.45) is 1.83. The van der Waals surface area contributed by atoms with Crippen LogP contribution in [0.3, 0.4) is 0 Å². The van der Waals surface area contributed by atoms with E-state index in [1.165, 1.54) is 11.1 Å². The third-order valence-corrected chi connectivity index (χ3v) is 5.07. The lowest BCUT2D eigenvalue weighted by Crippen LogP contribution is -2.04. The van der Waals surface area contributed by atoms with Gasteiger partial charge in [0.15, 0.2) is 5.65 Å². The van der Waals surface area contributed by atoms with E-state index in [1.54, 1.807) is 0 Å². The highest BCUT2D eigenvalue weighted by Crippen LogP contribution is 2.29. The second kappa shape index (κ2) is 6.77. The van der Waals surface area contributed by atoms with Crippen molar-refractivity contribution in [3.05, 3.63) is 70.8 Å². The molecule has 0 aliphatic rings. The quantitative estimate of drug-likeness (QED) is 0.513. The number of nitriles is 1. The lowest BCUT2D eigenvalue weighted by Gasteiger charge is -2.14. The van der Waals surface area contributed by atoms with Gasteiger partial charge in [0.1, 0.15) is 11.9 Å². The fourth-order valence-electron chi connectivity index (χ4n) is 3.53. The van der Waals surface area contributed by atoms with Crippen LogP contribution in [0.4, 0.5) is 11.5 Å². The van der Waals surface area contributed by atoms with Gasteiger partial charge in [-0.15, -0.1) is 0 Å². The molecule has 0 aliphatic carbocycles. The second-order valence-corrected chi connectivity index (χ2v) is 6.98. The number of para-hydroxylation sites is 2. The Hall–Kier alpha value is -3.32. The molecule has 27 heavy (non-hydrogen) atoms. The minimum atomic E-state index is 0.665. The van der Waals surface area contributed by atoms with Crippen LogP contribution in [0.1, 0.15) is 35.6 Å². The van der Waals surface area contributed by atoms with E-state index in [2.05, 4.69) is 60.8 Å². The minimum absolute atomic E-state index is 0.665. The first kappa shape index (κ1) is 17.1. The van der Waals surface area contributed by atoms with Crippen molar-refractivity contribution in [1.82, 2.24) is 9.38 Å². The highest BCUT2D eigenvalue weighted by Gasteiger charge is 2.16. The normalized spacial score (nSPS) is 11.0. The number of aromatic nitrogens is 2. The predicted octanol–water partition coefficient (Wildman–Crippen LogP) is 5.67. The van der Waals surface area contributed by atoms with E-state index >= 15 is 0 Å². The number of benzene rings is 2. The van der Waals surface area contributed by atoms with Gasteiger partial charge in [0.2, 0.25) is 0 Å². The highest BCUT2D eigenvalue weighted by atomic mass is 15.1. The molecule has 2 aromatic heterocycles. The summed E-state index contributed by atoms with van der Waals surface area (Å²) in [5.41, 5.74) is 7.86. The monoisotopic (exact) mass is 354 g/mol. The van der Waals surface area contributed by atoms with Gasteiger partial charge in [0.05, 0.1) is 16.6 Å². The zero-order valence-corrected chi connectivity index (χ0v) is 15.9.